The summed E-state index contributed by atoms with van der Waals surface area (Å²) in [6, 6.07) is 0. The lowest BCUT2D eigenvalue weighted by Gasteiger charge is -2.28. The van der Waals surface area contributed by atoms with Gasteiger partial charge in [-0.25, -0.2) is 0 Å². The Morgan fingerprint density at radius 3 is 2.06 bits per heavy atom. The van der Waals surface area contributed by atoms with Crippen LogP contribution in [-0.4, -0.2) is 21.9 Å². The second-order valence-electron chi connectivity index (χ2n) is 9.96. The van der Waals surface area contributed by atoms with E-state index in [2.05, 4.69) is 58.3 Å². The predicted octanol–water partition coefficient (Wildman–Crippen LogP) is 9.32. The van der Waals surface area contributed by atoms with Crippen molar-refractivity contribution in [3.8, 4) is 11.8 Å². The molecule has 1 rings (SSSR count). The molecule has 0 heterocycles. The molecule has 0 radical (unpaired) electrons. The highest BCUT2D eigenvalue weighted by Crippen LogP contribution is 2.35. The first kappa shape index (κ1) is 34.9. The van der Waals surface area contributed by atoms with Crippen LogP contribution in [0.2, 0.25) is 0 Å². The molecule has 1 fully saturated rings. The molecule has 0 atom stereocenters. The molecule has 0 aromatic heterocycles. The van der Waals surface area contributed by atoms with Gasteiger partial charge in [0, 0.05) is 6.42 Å². The van der Waals surface area contributed by atoms with Gasteiger partial charge >= 0.3 is 0 Å². The minimum atomic E-state index is -0.806. The van der Waals surface area contributed by atoms with Crippen molar-refractivity contribution in [2.45, 2.75) is 151 Å². The Kier molecular flexibility index (Phi) is 21.6. The number of hydrogen-bond acceptors (Lipinski definition) is 2. The van der Waals surface area contributed by atoms with Gasteiger partial charge in [0.1, 0.15) is 5.60 Å². The Morgan fingerprint density at radius 1 is 1.03 bits per heavy atom. The molecule has 0 aliphatic heterocycles. The minimum Gasteiger partial charge on any atom is -0.393 e. The quantitative estimate of drug-likeness (QED) is 0.178. The lowest BCUT2D eigenvalue weighted by atomic mass is 9.77. The standard InChI is InChI=1S/C24H40O.C6H12O.C2H6/c1-8-15-21(5)17-14-19-23(6,7)22(16-9-2)18-12-13-20-24(25,10-3)11-4;7-6-4-2-1-3-5-6;1-2/h8,15-16,25H,1,9-12,14,17-19H2,2-7H3;6-7H,1-5H2;1-2H3/b21-15-,22-16-;;. The average molecular weight is 475 g/mol. The Hall–Kier alpha value is -1.30. The maximum absolute atomic E-state index is 10.3. The highest BCUT2D eigenvalue weighted by Gasteiger charge is 2.22. The fraction of sp³-hybridized carbons (Fsp3) is 0.750. The third kappa shape index (κ3) is 17.2. The molecule has 198 valence electrons. The summed E-state index contributed by atoms with van der Waals surface area (Å²) in [7, 11) is 0. The van der Waals surface area contributed by atoms with Crippen LogP contribution < -0.4 is 0 Å². The van der Waals surface area contributed by atoms with Crippen LogP contribution >= 0.6 is 0 Å². The number of hydrogen-bond donors (Lipinski definition) is 2. The number of allylic oxidation sites excluding steroid dienone is 5. The van der Waals surface area contributed by atoms with E-state index in [9.17, 15) is 5.11 Å². The van der Waals surface area contributed by atoms with E-state index in [-0.39, 0.29) is 11.5 Å². The first-order chi connectivity index (χ1) is 16.1. The normalized spacial score (nSPS) is 15.2. The van der Waals surface area contributed by atoms with Gasteiger partial charge in [-0.2, -0.15) is 0 Å². The zero-order valence-corrected chi connectivity index (χ0v) is 24.1. The summed E-state index contributed by atoms with van der Waals surface area (Å²) < 4.78 is 0. The zero-order valence-electron chi connectivity index (χ0n) is 24.1. The van der Waals surface area contributed by atoms with E-state index in [0.29, 0.717) is 12.8 Å². The van der Waals surface area contributed by atoms with Crippen molar-refractivity contribution in [2.24, 2.45) is 5.41 Å². The van der Waals surface area contributed by atoms with E-state index in [0.717, 1.165) is 38.5 Å². The molecule has 1 saturated carbocycles. The second-order valence-corrected chi connectivity index (χ2v) is 9.96. The van der Waals surface area contributed by atoms with Gasteiger partial charge in [-0.3, -0.25) is 0 Å². The molecule has 34 heavy (non-hydrogen) atoms. The van der Waals surface area contributed by atoms with Crippen molar-refractivity contribution in [2.75, 3.05) is 0 Å². The van der Waals surface area contributed by atoms with Crippen molar-refractivity contribution in [1.29, 1.82) is 0 Å². The summed E-state index contributed by atoms with van der Waals surface area (Å²) in [6.45, 7) is 20.8. The Balaban J connectivity index is 0. The smallest absolute Gasteiger partial charge is 0.125 e. The van der Waals surface area contributed by atoms with Crippen LogP contribution in [0.3, 0.4) is 0 Å². The highest BCUT2D eigenvalue weighted by atomic mass is 16.3. The van der Waals surface area contributed by atoms with Gasteiger partial charge in [-0.1, -0.05) is 116 Å². The summed E-state index contributed by atoms with van der Waals surface area (Å²) in [5.74, 6) is 6.30. The van der Waals surface area contributed by atoms with Gasteiger partial charge in [-0.05, 0) is 70.1 Å². The zero-order chi connectivity index (χ0) is 26.5. The maximum atomic E-state index is 10.3. The number of aliphatic hydroxyl groups is 2. The van der Waals surface area contributed by atoms with Crippen molar-refractivity contribution >= 4 is 0 Å². The van der Waals surface area contributed by atoms with Crippen molar-refractivity contribution in [3.05, 3.63) is 36.0 Å². The van der Waals surface area contributed by atoms with Crippen LogP contribution in [0.15, 0.2) is 36.0 Å². The molecule has 0 aromatic rings. The first-order valence-electron chi connectivity index (χ1n) is 14.0. The SMILES string of the molecule is C=C/C=C(/C)CCCC(C)(C)/C(=C\CC)CCC#CC(O)(CC)CC.CC.OC1CCCCC1. The molecule has 0 bridgehead atoms. The molecule has 0 unspecified atom stereocenters. The van der Waals surface area contributed by atoms with Gasteiger partial charge in [0.15, 0.2) is 0 Å². The van der Waals surface area contributed by atoms with E-state index in [1.54, 1.807) is 0 Å². The van der Waals surface area contributed by atoms with Crippen LogP contribution in [0.4, 0.5) is 0 Å². The minimum absolute atomic E-state index is 0.0359. The lowest BCUT2D eigenvalue weighted by molar-refractivity contribution is 0.0930. The fourth-order valence-corrected chi connectivity index (χ4v) is 4.15. The summed E-state index contributed by atoms with van der Waals surface area (Å²) in [6.07, 6.45) is 20.1. The molecule has 1 aliphatic rings. The highest BCUT2D eigenvalue weighted by molar-refractivity contribution is 5.18. The topological polar surface area (TPSA) is 40.5 Å². The second kappa shape index (κ2) is 21.0. The molecule has 2 N–H and O–H groups in total. The molecule has 0 saturated heterocycles. The van der Waals surface area contributed by atoms with Crippen LogP contribution in [-0.2, 0) is 0 Å². The van der Waals surface area contributed by atoms with Crippen molar-refractivity contribution < 1.29 is 10.2 Å². The Bertz CT molecular complexity index is 617. The van der Waals surface area contributed by atoms with E-state index in [4.69, 9.17) is 5.11 Å². The number of rotatable bonds is 11. The van der Waals surface area contributed by atoms with Gasteiger partial charge < -0.3 is 10.2 Å². The summed E-state index contributed by atoms with van der Waals surface area (Å²) in [5, 5.41) is 19.2. The molecule has 0 amide bonds. The first-order valence-corrected chi connectivity index (χ1v) is 14.0. The third-order valence-electron chi connectivity index (χ3n) is 6.68. The molecule has 2 heteroatoms. The van der Waals surface area contributed by atoms with Gasteiger partial charge in [0.2, 0.25) is 0 Å². The van der Waals surface area contributed by atoms with Crippen molar-refractivity contribution in [1.82, 2.24) is 0 Å². The predicted molar refractivity (Wildman–Crippen MR) is 153 cm³/mol. The Morgan fingerprint density at radius 2 is 1.62 bits per heavy atom. The summed E-state index contributed by atoms with van der Waals surface area (Å²) in [5.41, 5.74) is 2.30. The number of aliphatic hydroxyl groups excluding tert-OH is 1. The van der Waals surface area contributed by atoms with Crippen LogP contribution in [0, 0.1) is 17.3 Å². The van der Waals surface area contributed by atoms with Gasteiger partial charge in [0.05, 0.1) is 6.10 Å². The summed E-state index contributed by atoms with van der Waals surface area (Å²) in [4.78, 5) is 0. The van der Waals surface area contributed by atoms with Crippen LogP contribution in [0.1, 0.15) is 139 Å². The van der Waals surface area contributed by atoms with E-state index < -0.39 is 5.60 Å². The van der Waals surface area contributed by atoms with E-state index in [1.165, 1.54) is 43.3 Å². The van der Waals surface area contributed by atoms with E-state index in [1.807, 2.05) is 33.8 Å². The van der Waals surface area contributed by atoms with Crippen molar-refractivity contribution in [3.63, 3.8) is 0 Å². The van der Waals surface area contributed by atoms with Crippen LogP contribution in [0.5, 0.6) is 0 Å². The lowest BCUT2D eigenvalue weighted by Crippen LogP contribution is -2.23. The molecule has 0 spiro atoms. The fourth-order valence-electron chi connectivity index (χ4n) is 4.15. The largest absolute Gasteiger partial charge is 0.393 e. The summed E-state index contributed by atoms with van der Waals surface area (Å²) >= 11 is 0. The van der Waals surface area contributed by atoms with Crippen LogP contribution in [0.25, 0.3) is 0 Å². The Labute approximate surface area is 214 Å². The van der Waals surface area contributed by atoms with Gasteiger partial charge in [-0.15, -0.1) is 0 Å². The van der Waals surface area contributed by atoms with E-state index >= 15 is 0 Å². The molecule has 0 aromatic carbocycles. The molecular weight excluding hydrogens is 416 g/mol. The molecule has 1 aliphatic carbocycles. The van der Waals surface area contributed by atoms with Gasteiger partial charge in [0.25, 0.3) is 0 Å². The third-order valence-corrected chi connectivity index (χ3v) is 6.68. The molecular formula is C32H58O2. The maximum Gasteiger partial charge on any atom is 0.125 e. The average Bonchev–Trinajstić information content (AvgIpc) is 2.83. The molecule has 2 nitrogen and oxygen atoms in total. The monoisotopic (exact) mass is 474 g/mol.